The third-order valence-corrected chi connectivity index (χ3v) is 5.52. The van der Waals surface area contributed by atoms with Crippen LogP contribution in [0.3, 0.4) is 0 Å². The molecule has 2 amide bonds. The lowest BCUT2D eigenvalue weighted by atomic mass is 9.85. The van der Waals surface area contributed by atoms with E-state index in [9.17, 15) is 9.59 Å². The monoisotopic (exact) mass is 398 g/mol. The molecule has 2 heterocycles. The lowest BCUT2D eigenvalue weighted by molar-refractivity contribution is -0.122. The van der Waals surface area contributed by atoms with Crippen molar-refractivity contribution in [1.82, 2.24) is 20.4 Å². The maximum absolute atomic E-state index is 12.4. The van der Waals surface area contributed by atoms with Gasteiger partial charge in [0.2, 0.25) is 11.8 Å². The van der Waals surface area contributed by atoms with E-state index in [1.54, 1.807) is 7.11 Å². The third-order valence-electron chi connectivity index (χ3n) is 5.52. The summed E-state index contributed by atoms with van der Waals surface area (Å²) >= 11 is 0. The van der Waals surface area contributed by atoms with E-state index >= 15 is 0 Å². The van der Waals surface area contributed by atoms with Gasteiger partial charge in [0.25, 0.3) is 0 Å². The summed E-state index contributed by atoms with van der Waals surface area (Å²) in [5, 5.41) is 10.5. The second-order valence-corrected chi connectivity index (χ2v) is 7.85. The molecule has 3 rings (SSSR count). The standard InChI is InChI=1S/C22H30N4O3/c1-16-14-17(2)26(25-16)13-12-23-20(27)8-10-22(11-9-21(28)24-22)15-18-4-6-19(29-3)7-5-18/h4-7,14H,8-13,15H2,1-3H3,(H,23,27)(H,24,28)/t22-/m1/s1. The van der Waals surface area contributed by atoms with E-state index in [0.717, 1.165) is 29.1 Å². The summed E-state index contributed by atoms with van der Waals surface area (Å²) in [4.78, 5) is 24.3. The number of nitrogens with one attached hydrogen (secondary N) is 2. The average Bonchev–Trinajstić information content (AvgIpc) is 3.22. The Hall–Kier alpha value is -2.83. The molecule has 2 aromatic rings. The number of carbonyl (C=O) groups excluding carboxylic acids is 2. The highest BCUT2D eigenvalue weighted by Gasteiger charge is 2.37. The molecule has 2 N–H and O–H groups in total. The van der Waals surface area contributed by atoms with Gasteiger partial charge in [0, 0.05) is 30.6 Å². The molecule has 1 aliphatic heterocycles. The second-order valence-electron chi connectivity index (χ2n) is 7.85. The molecular formula is C22H30N4O3. The minimum atomic E-state index is -0.362. The lowest BCUT2D eigenvalue weighted by Gasteiger charge is -2.29. The van der Waals surface area contributed by atoms with Crippen molar-refractivity contribution in [3.05, 3.63) is 47.3 Å². The van der Waals surface area contributed by atoms with Crippen molar-refractivity contribution < 1.29 is 14.3 Å². The average molecular weight is 399 g/mol. The fraction of sp³-hybridized carbons (Fsp3) is 0.500. The van der Waals surface area contributed by atoms with Crippen LogP contribution in [0, 0.1) is 13.8 Å². The van der Waals surface area contributed by atoms with Crippen LogP contribution in [0.5, 0.6) is 5.75 Å². The molecule has 1 aromatic heterocycles. The summed E-state index contributed by atoms with van der Waals surface area (Å²) in [6.07, 6.45) is 2.97. The van der Waals surface area contributed by atoms with Gasteiger partial charge in [-0.25, -0.2) is 0 Å². The van der Waals surface area contributed by atoms with E-state index in [2.05, 4.69) is 15.7 Å². The molecule has 1 aromatic carbocycles. The molecule has 7 heteroatoms. The van der Waals surface area contributed by atoms with Crippen LogP contribution in [0.4, 0.5) is 0 Å². The summed E-state index contributed by atoms with van der Waals surface area (Å²) in [5.41, 5.74) is 2.83. The van der Waals surface area contributed by atoms with Crippen molar-refractivity contribution >= 4 is 11.8 Å². The highest BCUT2D eigenvalue weighted by Crippen LogP contribution is 2.30. The number of methoxy groups -OCH3 is 1. The molecule has 0 radical (unpaired) electrons. The Labute approximate surface area is 171 Å². The van der Waals surface area contributed by atoms with Gasteiger partial charge in [-0.15, -0.1) is 0 Å². The van der Waals surface area contributed by atoms with Gasteiger partial charge < -0.3 is 15.4 Å². The SMILES string of the molecule is COc1ccc(C[C@@]2(CCC(=O)NCCn3nc(C)cc3C)CCC(=O)N2)cc1. The molecule has 0 aliphatic carbocycles. The molecule has 0 bridgehead atoms. The van der Waals surface area contributed by atoms with Crippen LogP contribution in [0.1, 0.15) is 42.6 Å². The molecule has 1 atom stereocenters. The van der Waals surface area contributed by atoms with Crippen molar-refractivity contribution in [3.63, 3.8) is 0 Å². The largest absolute Gasteiger partial charge is 0.497 e. The highest BCUT2D eigenvalue weighted by atomic mass is 16.5. The number of hydrogen-bond donors (Lipinski definition) is 2. The Morgan fingerprint density at radius 2 is 2.07 bits per heavy atom. The Bertz CT molecular complexity index is 859. The highest BCUT2D eigenvalue weighted by molar-refractivity contribution is 5.80. The number of carbonyl (C=O) groups is 2. The summed E-state index contributed by atoms with van der Waals surface area (Å²) in [6.45, 7) is 5.16. The van der Waals surface area contributed by atoms with E-state index in [4.69, 9.17) is 4.74 Å². The summed E-state index contributed by atoms with van der Waals surface area (Å²) in [6, 6.07) is 9.89. The fourth-order valence-electron chi connectivity index (χ4n) is 3.96. The maximum Gasteiger partial charge on any atom is 0.220 e. The molecule has 1 aliphatic rings. The number of aromatic nitrogens is 2. The van der Waals surface area contributed by atoms with Gasteiger partial charge in [-0.05, 0) is 56.9 Å². The smallest absolute Gasteiger partial charge is 0.220 e. The van der Waals surface area contributed by atoms with E-state index < -0.39 is 0 Å². The van der Waals surface area contributed by atoms with Crippen molar-refractivity contribution in [2.24, 2.45) is 0 Å². The Morgan fingerprint density at radius 1 is 1.31 bits per heavy atom. The quantitative estimate of drug-likeness (QED) is 0.679. The van der Waals surface area contributed by atoms with Gasteiger partial charge in [0.1, 0.15) is 5.75 Å². The van der Waals surface area contributed by atoms with E-state index in [1.807, 2.05) is 48.9 Å². The summed E-state index contributed by atoms with van der Waals surface area (Å²) in [7, 11) is 1.64. The zero-order valence-electron chi connectivity index (χ0n) is 17.5. The molecule has 156 valence electrons. The Morgan fingerprint density at radius 3 is 2.66 bits per heavy atom. The number of amides is 2. The van der Waals surface area contributed by atoms with Crippen LogP contribution < -0.4 is 15.4 Å². The van der Waals surface area contributed by atoms with Crippen molar-refractivity contribution in [3.8, 4) is 5.75 Å². The fourth-order valence-corrected chi connectivity index (χ4v) is 3.96. The molecule has 0 unspecified atom stereocenters. The van der Waals surface area contributed by atoms with Crippen LogP contribution in [0.2, 0.25) is 0 Å². The first-order chi connectivity index (χ1) is 13.9. The number of nitrogens with zero attached hydrogens (tertiary/aromatic N) is 2. The number of benzene rings is 1. The molecule has 0 spiro atoms. The zero-order chi connectivity index (χ0) is 20.9. The van der Waals surface area contributed by atoms with Gasteiger partial charge in [-0.2, -0.15) is 5.10 Å². The predicted octanol–water partition coefficient (Wildman–Crippen LogP) is 2.30. The van der Waals surface area contributed by atoms with Crippen molar-refractivity contribution in [2.75, 3.05) is 13.7 Å². The first-order valence-corrected chi connectivity index (χ1v) is 10.1. The number of hydrogen-bond acceptors (Lipinski definition) is 4. The van der Waals surface area contributed by atoms with Gasteiger partial charge >= 0.3 is 0 Å². The lowest BCUT2D eigenvalue weighted by Crippen LogP contribution is -2.44. The second kappa shape index (κ2) is 9.11. The Balaban J connectivity index is 1.52. The molecule has 29 heavy (non-hydrogen) atoms. The first kappa shape index (κ1) is 20.9. The number of ether oxygens (including phenoxy) is 1. The van der Waals surface area contributed by atoms with Gasteiger partial charge in [0.05, 0.1) is 19.3 Å². The molecule has 1 fully saturated rings. The molecule has 7 nitrogen and oxygen atoms in total. The molecule has 0 saturated carbocycles. The molecular weight excluding hydrogens is 368 g/mol. The minimum Gasteiger partial charge on any atom is -0.497 e. The number of aryl methyl sites for hydroxylation is 2. The first-order valence-electron chi connectivity index (χ1n) is 10.1. The normalized spacial score (nSPS) is 18.5. The van der Waals surface area contributed by atoms with E-state index in [0.29, 0.717) is 38.8 Å². The van der Waals surface area contributed by atoms with Crippen molar-refractivity contribution in [2.45, 2.75) is 58.0 Å². The summed E-state index contributed by atoms with van der Waals surface area (Å²) in [5.74, 6) is 0.866. The maximum atomic E-state index is 12.4. The van der Waals surface area contributed by atoms with Crippen LogP contribution >= 0.6 is 0 Å². The summed E-state index contributed by atoms with van der Waals surface area (Å²) < 4.78 is 7.11. The van der Waals surface area contributed by atoms with Crippen LogP contribution in [-0.4, -0.2) is 40.8 Å². The van der Waals surface area contributed by atoms with E-state index in [-0.39, 0.29) is 17.4 Å². The van der Waals surface area contributed by atoms with Gasteiger partial charge in [-0.3, -0.25) is 14.3 Å². The topological polar surface area (TPSA) is 85.2 Å². The van der Waals surface area contributed by atoms with Gasteiger partial charge in [0.15, 0.2) is 0 Å². The predicted molar refractivity (Wildman–Crippen MR) is 111 cm³/mol. The van der Waals surface area contributed by atoms with Crippen LogP contribution in [0.15, 0.2) is 30.3 Å². The van der Waals surface area contributed by atoms with Gasteiger partial charge in [-0.1, -0.05) is 12.1 Å². The Kier molecular flexibility index (Phi) is 6.56. The molecule has 1 saturated heterocycles. The van der Waals surface area contributed by atoms with Crippen LogP contribution in [0.25, 0.3) is 0 Å². The van der Waals surface area contributed by atoms with Crippen LogP contribution in [-0.2, 0) is 22.6 Å². The van der Waals surface area contributed by atoms with Crippen molar-refractivity contribution in [1.29, 1.82) is 0 Å². The number of rotatable bonds is 9. The minimum absolute atomic E-state index is 0.00165. The zero-order valence-corrected chi connectivity index (χ0v) is 17.5. The van der Waals surface area contributed by atoms with E-state index in [1.165, 1.54) is 0 Å². The third kappa shape index (κ3) is 5.59.